The predicted molar refractivity (Wildman–Crippen MR) is 88.7 cm³/mol. The highest BCUT2D eigenvalue weighted by atomic mass is 16.5. The zero-order valence-electron chi connectivity index (χ0n) is 14.0. The van der Waals surface area contributed by atoms with Crippen LogP contribution in [0.25, 0.3) is 11.3 Å². The van der Waals surface area contributed by atoms with E-state index in [4.69, 9.17) is 9.47 Å². The SMILES string of the molecule is COC(=O)CN(C(=O)c1n[nH]nc1-c1ccccc1)C1CCOCC1. The van der Waals surface area contributed by atoms with E-state index in [0.717, 1.165) is 5.56 Å². The normalized spacial score (nSPS) is 14.9. The van der Waals surface area contributed by atoms with Gasteiger partial charge in [-0.05, 0) is 12.8 Å². The van der Waals surface area contributed by atoms with Gasteiger partial charge in [0.2, 0.25) is 0 Å². The molecule has 0 aliphatic carbocycles. The highest BCUT2D eigenvalue weighted by Gasteiger charge is 2.32. The van der Waals surface area contributed by atoms with Gasteiger partial charge in [0, 0.05) is 24.8 Å². The van der Waals surface area contributed by atoms with E-state index < -0.39 is 5.97 Å². The van der Waals surface area contributed by atoms with E-state index >= 15 is 0 Å². The van der Waals surface area contributed by atoms with Crippen molar-refractivity contribution in [2.75, 3.05) is 26.9 Å². The number of aromatic nitrogens is 3. The Bertz CT molecular complexity index is 725. The Morgan fingerprint density at radius 2 is 1.96 bits per heavy atom. The van der Waals surface area contributed by atoms with Crippen molar-refractivity contribution in [3.63, 3.8) is 0 Å². The Hall–Kier alpha value is -2.74. The molecule has 0 saturated carbocycles. The molecule has 0 atom stereocenters. The summed E-state index contributed by atoms with van der Waals surface area (Å²) in [4.78, 5) is 26.4. The Labute approximate surface area is 145 Å². The summed E-state index contributed by atoms with van der Waals surface area (Å²) in [6, 6.07) is 9.23. The van der Waals surface area contributed by atoms with Crippen molar-refractivity contribution in [1.82, 2.24) is 20.3 Å². The van der Waals surface area contributed by atoms with E-state index in [1.807, 2.05) is 30.3 Å². The topological polar surface area (TPSA) is 97.4 Å². The smallest absolute Gasteiger partial charge is 0.325 e. The van der Waals surface area contributed by atoms with Gasteiger partial charge in [-0.3, -0.25) is 9.59 Å². The summed E-state index contributed by atoms with van der Waals surface area (Å²) in [6.45, 7) is 0.987. The van der Waals surface area contributed by atoms with Crippen molar-refractivity contribution < 1.29 is 19.1 Å². The van der Waals surface area contributed by atoms with Crippen LogP contribution in [-0.2, 0) is 14.3 Å². The van der Waals surface area contributed by atoms with Gasteiger partial charge in [0.15, 0.2) is 5.69 Å². The molecule has 0 unspecified atom stereocenters. The molecule has 1 N–H and O–H groups in total. The van der Waals surface area contributed by atoms with Crippen molar-refractivity contribution in [2.24, 2.45) is 0 Å². The van der Waals surface area contributed by atoms with E-state index in [1.54, 1.807) is 0 Å². The van der Waals surface area contributed by atoms with Crippen LogP contribution < -0.4 is 0 Å². The molecule has 3 rings (SSSR count). The van der Waals surface area contributed by atoms with Gasteiger partial charge < -0.3 is 14.4 Å². The molecular formula is C17H20N4O4. The number of hydrogen-bond acceptors (Lipinski definition) is 6. The third-order valence-electron chi connectivity index (χ3n) is 4.22. The second kappa shape index (κ2) is 7.89. The van der Waals surface area contributed by atoms with Gasteiger partial charge in [0.25, 0.3) is 5.91 Å². The number of nitrogens with zero attached hydrogens (tertiary/aromatic N) is 3. The molecular weight excluding hydrogens is 324 g/mol. The van der Waals surface area contributed by atoms with E-state index in [0.29, 0.717) is 31.7 Å². The maximum atomic E-state index is 13.1. The number of hydrogen-bond donors (Lipinski definition) is 1. The van der Waals surface area contributed by atoms with Crippen LogP contribution in [0.4, 0.5) is 0 Å². The van der Waals surface area contributed by atoms with Crippen LogP contribution in [-0.4, -0.2) is 65.1 Å². The number of benzene rings is 1. The van der Waals surface area contributed by atoms with Crippen molar-refractivity contribution in [3.05, 3.63) is 36.0 Å². The summed E-state index contributed by atoms with van der Waals surface area (Å²) >= 11 is 0. The fraction of sp³-hybridized carbons (Fsp3) is 0.412. The first-order chi connectivity index (χ1) is 12.2. The van der Waals surface area contributed by atoms with Crippen LogP contribution in [0.2, 0.25) is 0 Å². The van der Waals surface area contributed by atoms with Crippen molar-refractivity contribution in [1.29, 1.82) is 0 Å². The summed E-state index contributed by atoms with van der Waals surface area (Å²) in [6.07, 6.45) is 1.34. The number of carbonyl (C=O) groups is 2. The fourth-order valence-corrected chi connectivity index (χ4v) is 2.88. The van der Waals surface area contributed by atoms with E-state index in [1.165, 1.54) is 12.0 Å². The predicted octanol–water partition coefficient (Wildman–Crippen LogP) is 1.27. The first-order valence-electron chi connectivity index (χ1n) is 8.12. The number of rotatable bonds is 5. The van der Waals surface area contributed by atoms with Crippen LogP contribution in [0, 0.1) is 0 Å². The largest absolute Gasteiger partial charge is 0.468 e. The van der Waals surface area contributed by atoms with Gasteiger partial charge in [-0.25, -0.2) is 0 Å². The second-order valence-corrected chi connectivity index (χ2v) is 5.74. The van der Waals surface area contributed by atoms with E-state index in [-0.39, 0.29) is 24.2 Å². The minimum atomic E-state index is -0.468. The first kappa shape index (κ1) is 17.1. The molecule has 1 aromatic heterocycles. The third-order valence-corrected chi connectivity index (χ3v) is 4.22. The molecule has 0 spiro atoms. The molecule has 0 bridgehead atoms. The lowest BCUT2D eigenvalue weighted by molar-refractivity contribution is -0.142. The lowest BCUT2D eigenvalue weighted by Crippen LogP contribution is -2.46. The highest BCUT2D eigenvalue weighted by Crippen LogP contribution is 2.23. The summed E-state index contributed by atoms with van der Waals surface area (Å²) in [5.74, 6) is -0.811. The summed E-state index contributed by atoms with van der Waals surface area (Å²) in [5.41, 5.74) is 1.44. The lowest BCUT2D eigenvalue weighted by atomic mass is 10.0. The van der Waals surface area contributed by atoms with E-state index in [9.17, 15) is 9.59 Å². The zero-order valence-corrected chi connectivity index (χ0v) is 14.0. The van der Waals surface area contributed by atoms with Gasteiger partial charge in [-0.2, -0.15) is 15.4 Å². The maximum absolute atomic E-state index is 13.1. The Balaban J connectivity index is 1.90. The standard InChI is InChI=1S/C17H20N4O4/c1-24-14(22)11-21(13-7-9-25-10-8-13)17(23)16-15(18-20-19-16)12-5-3-2-4-6-12/h2-6,13H,7-11H2,1H3,(H,18,19,20). The van der Waals surface area contributed by atoms with Crippen LogP contribution in [0.15, 0.2) is 30.3 Å². The molecule has 1 aliphatic heterocycles. The van der Waals surface area contributed by atoms with Gasteiger partial charge in [-0.1, -0.05) is 30.3 Å². The zero-order chi connectivity index (χ0) is 17.6. The number of amides is 1. The third kappa shape index (κ3) is 3.85. The molecule has 8 heteroatoms. The Kier molecular flexibility index (Phi) is 5.39. The van der Waals surface area contributed by atoms with Crippen molar-refractivity contribution >= 4 is 11.9 Å². The number of esters is 1. The first-order valence-corrected chi connectivity index (χ1v) is 8.12. The van der Waals surface area contributed by atoms with Crippen LogP contribution in [0.5, 0.6) is 0 Å². The summed E-state index contributed by atoms with van der Waals surface area (Å²) in [7, 11) is 1.31. The molecule has 8 nitrogen and oxygen atoms in total. The van der Waals surface area contributed by atoms with Gasteiger partial charge in [0.1, 0.15) is 12.2 Å². The monoisotopic (exact) mass is 344 g/mol. The Morgan fingerprint density at radius 3 is 2.64 bits per heavy atom. The maximum Gasteiger partial charge on any atom is 0.325 e. The molecule has 1 aliphatic rings. The summed E-state index contributed by atoms with van der Waals surface area (Å²) < 4.78 is 10.1. The number of methoxy groups -OCH3 is 1. The van der Waals surface area contributed by atoms with Crippen LogP contribution in [0.3, 0.4) is 0 Å². The number of ether oxygens (including phenoxy) is 2. The number of H-pyrrole nitrogens is 1. The van der Waals surface area contributed by atoms with Crippen LogP contribution >= 0.6 is 0 Å². The number of nitrogens with one attached hydrogen (secondary N) is 1. The molecule has 1 fully saturated rings. The number of aromatic amines is 1. The van der Waals surface area contributed by atoms with Gasteiger partial charge >= 0.3 is 5.97 Å². The highest BCUT2D eigenvalue weighted by molar-refractivity contribution is 5.99. The average molecular weight is 344 g/mol. The summed E-state index contributed by atoms with van der Waals surface area (Å²) in [5, 5.41) is 10.7. The molecule has 2 aromatic rings. The molecule has 1 saturated heterocycles. The van der Waals surface area contributed by atoms with Gasteiger partial charge in [-0.15, -0.1) is 0 Å². The minimum absolute atomic E-state index is 0.0966. The van der Waals surface area contributed by atoms with Crippen LogP contribution in [0.1, 0.15) is 23.3 Å². The molecule has 132 valence electrons. The quantitative estimate of drug-likeness (QED) is 0.820. The molecule has 2 heterocycles. The van der Waals surface area contributed by atoms with Crippen molar-refractivity contribution in [3.8, 4) is 11.3 Å². The molecule has 25 heavy (non-hydrogen) atoms. The minimum Gasteiger partial charge on any atom is -0.468 e. The average Bonchev–Trinajstić information content (AvgIpc) is 3.16. The second-order valence-electron chi connectivity index (χ2n) is 5.74. The van der Waals surface area contributed by atoms with Gasteiger partial charge in [0.05, 0.1) is 7.11 Å². The molecule has 1 amide bonds. The Morgan fingerprint density at radius 1 is 1.24 bits per heavy atom. The fourth-order valence-electron chi connectivity index (χ4n) is 2.88. The number of carbonyl (C=O) groups excluding carboxylic acids is 2. The van der Waals surface area contributed by atoms with E-state index in [2.05, 4.69) is 15.4 Å². The molecule has 1 aromatic carbocycles. The van der Waals surface area contributed by atoms with Crippen molar-refractivity contribution in [2.45, 2.75) is 18.9 Å². The lowest BCUT2D eigenvalue weighted by Gasteiger charge is -2.33. The molecule has 0 radical (unpaired) electrons.